The lowest BCUT2D eigenvalue weighted by Gasteiger charge is -2.59. The first kappa shape index (κ1) is 48.5. The molecule has 12 nitrogen and oxygen atoms in total. The first-order valence-electron chi connectivity index (χ1n) is 24.5. The molecule has 0 aromatic heterocycles. The van der Waals surface area contributed by atoms with E-state index >= 15 is 0 Å². The number of nitrogens with one attached hydrogen (secondary N) is 2. The molecule has 12 rings (SSSR count). The molecule has 2 aromatic rings. The lowest BCUT2D eigenvalue weighted by Crippen LogP contribution is -2.59. The SMILES string of the molecule is NC(=O)C12CC3CC(C1)C(CC(=O)C1(NS(=O)(=O)c4ccccc4Br)CCCCC1)C(C3)C2.O=C(O)C12CC3CC(C1)C(CC(=O)C1(NS(=O)(=O)c4ccccc4Br)CCCCC1)C(C3)C2. The van der Waals surface area contributed by atoms with Crippen LogP contribution in [0.15, 0.2) is 67.3 Å². The van der Waals surface area contributed by atoms with Gasteiger partial charge in [-0.15, -0.1) is 0 Å². The van der Waals surface area contributed by atoms with Crippen molar-refractivity contribution in [1.29, 1.82) is 0 Å². The van der Waals surface area contributed by atoms with Crippen molar-refractivity contribution < 1.29 is 41.1 Å². The summed E-state index contributed by atoms with van der Waals surface area (Å²) in [7, 11) is -7.73. The molecule has 10 aliphatic rings. The largest absolute Gasteiger partial charge is 0.481 e. The Kier molecular flexibility index (Phi) is 13.5. The summed E-state index contributed by atoms with van der Waals surface area (Å²) in [4.78, 5) is 52.4. The Morgan fingerprint density at radius 3 is 1.26 bits per heavy atom. The van der Waals surface area contributed by atoms with E-state index in [1.807, 2.05) is 0 Å². The Balaban J connectivity index is 0.000000166. The van der Waals surface area contributed by atoms with E-state index in [2.05, 4.69) is 41.3 Å². The minimum Gasteiger partial charge on any atom is -0.481 e. The van der Waals surface area contributed by atoms with Crippen LogP contribution in [0.3, 0.4) is 0 Å². The number of aliphatic carboxylic acids is 1. The number of sulfonamides is 2. The molecule has 0 radical (unpaired) electrons. The number of carboxylic acid groups (broad SMARTS) is 1. The zero-order valence-electron chi connectivity index (χ0n) is 37.7. The standard InChI is InChI=1S/C25H33BrN2O4S.C25H32BrNO5S/c26-20-6-2-3-7-21(20)33(31,32)28-25(8-4-1-5-9-25)22(29)12-19-17-10-16-11-18(19)15-24(13-16,14-17)23(27)30;26-20-6-2-3-7-21(20)33(31,32)27-25(8-4-1-5-9-25)22(28)12-19-17-10-16-11-18(19)15-24(13-16,14-17)23(29)30/h2-3,6-7,16-19,28H,1,4-5,8-15H2,(H2,27,30);2-3,6-7,16-19,27H,1,4-5,8-15H2,(H,29,30). The van der Waals surface area contributed by atoms with Crippen molar-refractivity contribution in [2.75, 3.05) is 0 Å². The van der Waals surface area contributed by atoms with Crippen LogP contribution in [0.5, 0.6) is 0 Å². The van der Waals surface area contributed by atoms with Gasteiger partial charge in [-0.05, 0) is 193 Å². The molecule has 0 saturated heterocycles. The first-order chi connectivity index (χ1) is 31.3. The average molecular weight is 1080 g/mol. The van der Waals surface area contributed by atoms with E-state index in [1.54, 1.807) is 48.5 Å². The van der Waals surface area contributed by atoms with Crippen LogP contribution in [0, 0.1) is 58.2 Å². The van der Waals surface area contributed by atoms with Crippen LogP contribution >= 0.6 is 31.9 Å². The molecule has 360 valence electrons. The number of Topliss-reactive ketones (excluding diaryl/α,β-unsaturated/α-hetero) is 2. The van der Waals surface area contributed by atoms with Gasteiger partial charge in [0.05, 0.1) is 26.3 Å². The lowest BCUT2D eigenvalue weighted by molar-refractivity contribution is -0.171. The van der Waals surface area contributed by atoms with Crippen LogP contribution in [0.2, 0.25) is 0 Å². The molecule has 0 spiro atoms. The number of halogens is 2. The summed E-state index contributed by atoms with van der Waals surface area (Å²) < 4.78 is 60.1. The fraction of sp³-hybridized carbons (Fsp3) is 0.680. The van der Waals surface area contributed by atoms with Crippen LogP contribution in [-0.2, 0) is 39.2 Å². The number of benzene rings is 2. The molecular weight excluding hydrogens is 1010 g/mol. The van der Waals surface area contributed by atoms with Crippen molar-refractivity contribution in [2.45, 2.75) is 162 Å². The summed E-state index contributed by atoms with van der Waals surface area (Å²) in [5, 5.41) is 9.90. The maximum atomic E-state index is 13.9. The number of hydrogen-bond donors (Lipinski definition) is 4. The van der Waals surface area contributed by atoms with Crippen LogP contribution in [0.4, 0.5) is 0 Å². The molecule has 4 unspecified atom stereocenters. The summed E-state index contributed by atoms with van der Waals surface area (Å²) in [6.07, 6.45) is 17.0. The number of carbonyl (C=O) groups excluding carboxylic acids is 3. The highest BCUT2D eigenvalue weighted by atomic mass is 79.9. The maximum absolute atomic E-state index is 13.9. The van der Waals surface area contributed by atoms with Gasteiger partial charge in [0, 0.05) is 27.2 Å². The summed E-state index contributed by atoms with van der Waals surface area (Å²) in [6, 6.07) is 13.4. The number of ketones is 2. The highest BCUT2D eigenvalue weighted by Crippen LogP contribution is 2.64. The zero-order chi connectivity index (χ0) is 46.9. The maximum Gasteiger partial charge on any atom is 0.309 e. The van der Waals surface area contributed by atoms with Crippen LogP contribution in [-0.4, -0.2) is 56.5 Å². The fourth-order valence-electron chi connectivity index (χ4n) is 15.4. The van der Waals surface area contributed by atoms with E-state index < -0.39 is 42.5 Å². The second-order valence-corrected chi connectivity index (χ2v) is 27.1. The Bertz CT molecular complexity index is 2270. The second kappa shape index (κ2) is 18.4. The second-order valence-electron chi connectivity index (χ2n) is 22.1. The van der Waals surface area contributed by atoms with Crippen molar-refractivity contribution in [3.8, 4) is 0 Å². The minimum atomic E-state index is -3.87. The molecule has 1 amide bonds. The summed E-state index contributed by atoms with van der Waals surface area (Å²) in [6.45, 7) is 0. The number of primary amides is 1. The van der Waals surface area contributed by atoms with E-state index in [0.29, 0.717) is 84.0 Å². The molecule has 8 bridgehead atoms. The fourth-order valence-corrected chi connectivity index (χ4v) is 20.3. The first-order valence-corrected chi connectivity index (χ1v) is 29.0. The van der Waals surface area contributed by atoms with Crippen molar-refractivity contribution in [2.24, 2.45) is 63.9 Å². The lowest BCUT2D eigenvalue weighted by atomic mass is 9.45. The molecule has 0 aliphatic heterocycles. The number of hydrogen-bond acceptors (Lipinski definition) is 8. The number of nitrogens with two attached hydrogens (primary N) is 1. The van der Waals surface area contributed by atoms with Crippen molar-refractivity contribution in [1.82, 2.24) is 9.44 Å². The predicted octanol–water partition coefficient (Wildman–Crippen LogP) is 9.23. The van der Waals surface area contributed by atoms with E-state index in [0.717, 1.165) is 89.9 Å². The van der Waals surface area contributed by atoms with Gasteiger partial charge in [-0.3, -0.25) is 19.2 Å². The molecule has 10 aliphatic carbocycles. The van der Waals surface area contributed by atoms with Gasteiger partial charge in [0.25, 0.3) is 0 Å². The molecule has 10 saturated carbocycles. The quantitative estimate of drug-likeness (QED) is 0.142. The van der Waals surface area contributed by atoms with E-state index in [1.165, 1.54) is 0 Å². The van der Waals surface area contributed by atoms with Gasteiger partial charge < -0.3 is 10.8 Å². The van der Waals surface area contributed by atoms with Gasteiger partial charge in [-0.25, -0.2) is 16.8 Å². The molecule has 66 heavy (non-hydrogen) atoms. The topological polar surface area (TPSA) is 207 Å². The molecule has 5 N–H and O–H groups in total. The average Bonchev–Trinajstić information content (AvgIpc) is 3.26. The summed E-state index contributed by atoms with van der Waals surface area (Å²) >= 11 is 6.69. The van der Waals surface area contributed by atoms with E-state index in [-0.39, 0.29) is 56.4 Å². The monoisotopic (exact) mass is 1070 g/mol. The van der Waals surface area contributed by atoms with Gasteiger partial charge >= 0.3 is 5.97 Å². The van der Waals surface area contributed by atoms with Crippen LogP contribution in [0.25, 0.3) is 0 Å². The number of rotatable bonds is 14. The zero-order valence-corrected chi connectivity index (χ0v) is 42.5. The van der Waals surface area contributed by atoms with Crippen molar-refractivity contribution >= 4 is 75.3 Å². The highest BCUT2D eigenvalue weighted by Gasteiger charge is 2.61. The van der Waals surface area contributed by atoms with E-state index in [4.69, 9.17) is 5.73 Å². The number of carboxylic acids is 1. The minimum absolute atomic E-state index is 0.000299. The molecule has 4 atom stereocenters. The highest BCUT2D eigenvalue weighted by molar-refractivity contribution is 9.10. The number of carbonyl (C=O) groups is 4. The van der Waals surface area contributed by atoms with Crippen LogP contribution < -0.4 is 15.2 Å². The van der Waals surface area contributed by atoms with E-state index in [9.17, 15) is 41.1 Å². The third-order valence-electron chi connectivity index (χ3n) is 18.1. The Labute approximate surface area is 406 Å². The van der Waals surface area contributed by atoms with Gasteiger partial charge in [0.1, 0.15) is 0 Å². The molecule has 0 heterocycles. The third kappa shape index (κ3) is 9.07. The molecular formula is C50H65Br2N3O9S2. The Morgan fingerprint density at radius 2 is 0.909 bits per heavy atom. The van der Waals surface area contributed by atoms with Gasteiger partial charge in [0.15, 0.2) is 11.6 Å². The Hall–Kier alpha value is -2.50. The molecule has 10 fully saturated rings. The van der Waals surface area contributed by atoms with Gasteiger partial charge in [-0.1, -0.05) is 62.8 Å². The predicted molar refractivity (Wildman–Crippen MR) is 256 cm³/mol. The summed E-state index contributed by atoms with van der Waals surface area (Å²) in [5.74, 6) is 1.80. The van der Waals surface area contributed by atoms with Crippen molar-refractivity contribution in [3.63, 3.8) is 0 Å². The van der Waals surface area contributed by atoms with Gasteiger partial charge in [-0.2, -0.15) is 9.44 Å². The van der Waals surface area contributed by atoms with Crippen LogP contribution in [0.1, 0.15) is 141 Å². The third-order valence-corrected chi connectivity index (χ3v) is 23.2. The summed E-state index contributed by atoms with van der Waals surface area (Å²) in [5.41, 5.74) is 2.75. The smallest absolute Gasteiger partial charge is 0.309 e. The molecule has 16 heteroatoms. The Morgan fingerprint density at radius 1 is 0.561 bits per heavy atom. The van der Waals surface area contributed by atoms with Gasteiger partial charge in [0.2, 0.25) is 26.0 Å². The molecule has 2 aromatic carbocycles. The normalized spacial score (nSPS) is 34.8. The van der Waals surface area contributed by atoms with Crippen molar-refractivity contribution in [3.05, 3.63) is 57.5 Å². The number of amides is 1.